The summed E-state index contributed by atoms with van der Waals surface area (Å²) in [5, 5.41) is 3.23. The number of hydrogen-bond acceptors (Lipinski definition) is 1. The van der Waals surface area contributed by atoms with E-state index in [-0.39, 0.29) is 0 Å². The summed E-state index contributed by atoms with van der Waals surface area (Å²) in [5.74, 6) is 0.913. The Morgan fingerprint density at radius 1 is 1.60 bits per heavy atom. The third-order valence-corrected chi connectivity index (χ3v) is 2.24. The van der Waals surface area contributed by atoms with Crippen LogP contribution in [-0.4, -0.2) is 13.1 Å². The van der Waals surface area contributed by atoms with Gasteiger partial charge in [-0.15, -0.1) is 0 Å². The zero-order chi connectivity index (χ0) is 7.56. The molecule has 1 atom stereocenters. The van der Waals surface area contributed by atoms with Crippen LogP contribution in [0.2, 0.25) is 0 Å². The smallest absolute Gasteiger partial charge is 0.0245 e. The Hall–Kier alpha value is -0.300. The third-order valence-electron chi connectivity index (χ3n) is 2.24. The van der Waals surface area contributed by atoms with Gasteiger partial charge in [-0.3, -0.25) is 0 Å². The van der Waals surface area contributed by atoms with Crippen molar-refractivity contribution in [2.75, 3.05) is 7.05 Å². The summed E-state index contributed by atoms with van der Waals surface area (Å²) in [6.45, 7) is 4.41. The fourth-order valence-corrected chi connectivity index (χ4v) is 1.01. The molecule has 0 aromatic carbocycles. The largest absolute Gasteiger partial charge is 0.314 e. The van der Waals surface area contributed by atoms with E-state index in [1.165, 1.54) is 18.4 Å². The predicted octanol–water partition coefficient (Wildman–Crippen LogP) is 1.95. The molecule has 1 aliphatic rings. The van der Waals surface area contributed by atoms with Gasteiger partial charge in [0.15, 0.2) is 0 Å². The fraction of sp³-hybridized carbons (Fsp3) is 0.778. The number of rotatable bonds is 3. The molecule has 0 aromatic rings. The molecule has 1 nitrogen and oxygen atoms in total. The summed E-state index contributed by atoms with van der Waals surface area (Å²) in [4.78, 5) is 0. The molecular formula is C9H17N. The number of likely N-dealkylation sites (N-methyl/N-ethyl adjacent to an activating group) is 1. The van der Waals surface area contributed by atoms with Crippen LogP contribution in [0.3, 0.4) is 0 Å². The molecule has 10 heavy (non-hydrogen) atoms. The maximum Gasteiger partial charge on any atom is 0.0245 e. The molecule has 1 aliphatic carbocycles. The van der Waals surface area contributed by atoms with Gasteiger partial charge in [0.05, 0.1) is 0 Å². The first-order chi connectivity index (χ1) is 4.74. The van der Waals surface area contributed by atoms with E-state index in [0.29, 0.717) is 6.04 Å². The number of allylic oxidation sites excluding steroid dienone is 1. The summed E-state index contributed by atoms with van der Waals surface area (Å²) in [6.07, 6.45) is 5.22. The Bertz CT molecular complexity index is 134. The van der Waals surface area contributed by atoms with Crippen molar-refractivity contribution >= 4 is 0 Å². The quantitative estimate of drug-likeness (QED) is 0.589. The average Bonchev–Trinajstić information content (AvgIpc) is 2.70. The molecule has 58 valence electrons. The second-order valence-electron chi connectivity index (χ2n) is 3.26. The Balaban J connectivity index is 2.36. The van der Waals surface area contributed by atoms with Crippen molar-refractivity contribution < 1.29 is 0 Å². The first-order valence-electron chi connectivity index (χ1n) is 4.09. The molecule has 0 bridgehead atoms. The van der Waals surface area contributed by atoms with Crippen LogP contribution in [0.5, 0.6) is 0 Å². The zero-order valence-electron chi connectivity index (χ0n) is 7.15. The predicted molar refractivity (Wildman–Crippen MR) is 45.0 cm³/mol. The van der Waals surface area contributed by atoms with Crippen LogP contribution in [0.1, 0.15) is 26.7 Å². The lowest BCUT2D eigenvalue weighted by molar-refractivity contribution is 0.687. The maximum atomic E-state index is 3.23. The van der Waals surface area contributed by atoms with Gasteiger partial charge in [-0.05, 0) is 39.7 Å². The van der Waals surface area contributed by atoms with Crippen LogP contribution in [-0.2, 0) is 0 Å². The van der Waals surface area contributed by atoms with E-state index in [9.17, 15) is 0 Å². The van der Waals surface area contributed by atoms with Crippen LogP contribution >= 0.6 is 0 Å². The van der Waals surface area contributed by atoms with Gasteiger partial charge in [0.2, 0.25) is 0 Å². The Labute approximate surface area is 63.5 Å². The van der Waals surface area contributed by atoms with Crippen LogP contribution in [0.15, 0.2) is 11.6 Å². The van der Waals surface area contributed by atoms with Crippen molar-refractivity contribution in [3.8, 4) is 0 Å². The topological polar surface area (TPSA) is 12.0 Å². The van der Waals surface area contributed by atoms with Gasteiger partial charge in [0.25, 0.3) is 0 Å². The SMILES string of the molecule is CNC(C)/C(C)=C/C1CC1. The molecule has 1 rings (SSSR count). The van der Waals surface area contributed by atoms with Gasteiger partial charge in [-0.2, -0.15) is 0 Å². The molecule has 1 heteroatoms. The van der Waals surface area contributed by atoms with E-state index in [1.807, 2.05) is 7.05 Å². The van der Waals surface area contributed by atoms with E-state index >= 15 is 0 Å². The van der Waals surface area contributed by atoms with Crippen molar-refractivity contribution in [1.82, 2.24) is 5.32 Å². The minimum absolute atomic E-state index is 0.556. The highest BCUT2D eigenvalue weighted by atomic mass is 14.9. The summed E-state index contributed by atoms with van der Waals surface area (Å²) in [6, 6.07) is 0.556. The summed E-state index contributed by atoms with van der Waals surface area (Å²) in [7, 11) is 2.01. The molecular weight excluding hydrogens is 122 g/mol. The second-order valence-corrected chi connectivity index (χ2v) is 3.26. The highest BCUT2D eigenvalue weighted by Gasteiger charge is 2.18. The van der Waals surface area contributed by atoms with E-state index in [2.05, 4.69) is 25.2 Å². The molecule has 0 saturated heterocycles. The highest BCUT2D eigenvalue weighted by Crippen LogP contribution is 2.31. The first-order valence-corrected chi connectivity index (χ1v) is 4.09. The van der Waals surface area contributed by atoms with Crippen molar-refractivity contribution in [3.63, 3.8) is 0 Å². The van der Waals surface area contributed by atoms with Crippen molar-refractivity contribution in [2.45, 2.75) is 32.7 Å². The van der Waals surface area contributed by atoms with Gasteiger partial charge < -0.3 is 5.32 Å². The molecule has 0 radical (unpaired) electrons. The van der Waals surface area contributed by atoms with Gasteiger partial charge in [-0.25, -0.2) is 0 Å². The normalized spacial score (nSPS) is 22.9. The first kappa shape index (κ1) is 7.80. The lowest BCUT2D eigenvalue weighted by Crippen LogP contribution is -2.22. The van der Waals surface area contributed by atoms with E-state index in [4.69, 9.17) is 0 Å². The lowest BCUT2D eigenvalue weighted by Gasteiger charge is -2.09. The Morgan fingerprint density at radius 3 is 2.60 bits per heavy atom. The molecule has 0 amide bonds. The third kappa shape index (κ3) is 2.14. The van der Waals surface area contributed by atoms with Gasteiger partial charge >= 0.3 is 0 Å². The van der Waals surface area contributed by atoms with E-state index in [0.717, 1.165) is 5.92 Å². The lowest BCUT2D eigenvalue weighted by atomic mass is 10.1. The van der Waals surface area contributed by atoms with Crippen LogP contribution < -0.4 is 5.32 Å². The molecule has 1 unspecified atom stereocenters. The standard InChI is InChI=1S/C9H17N/c1-7(8(2)10-3)6-9-4-5-9/h6,8-10H,4-5H2,1-3H3/b7-6+. The molecule has 0 spiro atoms. The van der Waals surface area contributed by atoms with Gasteiger partial charge in [0, 0.05) is 6.04 Å². The minimum atomic E-state index is 0.556. The maximum absolute atomic E-state index is 3.23. The Morgan fingerprint density at radius 2 is 2.20 bits per heavy atom. The fourth-order valence-electron chi connectivity index (χ4n) is 1.01. The van der Waals surface area contributed by atoms with Crippen LogP contribution in [0.25, 0.3) is 0 Å². The van der Waals surface area contributed by atoms with Crippen molar-refractivity contribution in [3.05, 3.63) is 11.6 Å². The molecule has 0 aromatic heterocycles. The molecule has 1 saturated carbocycles. The van der Waals surface area contributed by atoms with Crippen molar-refractivity contribution in [1.29, 1.82) is 0 Å². The second kappa shape index (κ2) is 3.20. The Kier molecular flexibility index (Phi) is 2.50. The summed E-state index contributed by atoms with van der Waals surface area (Å²) >= 11 is 0. The average molecular weight is 139 g/mol. The summed E-state index contributed by atoms with van der Waals surface area (Å²) in [5.41, 5.74) is 1.49. The highest BCUT2D eigenvalue weighted by molar-refractivity contribution is 5.10. The molecule has 0 heterocycles. The van der Waals surface area contributed by atoms with Gasteiger partial charge in [-0.1, -0.05) is 11.6 Å². The molecule has 1 fully saturated rings. The van der Waals surface area contributed by atoms with Gasteiger partial charge in [0.1, 0.15) is 0 Å². The van der Waals surface area contributed by atoms with E-state index < -0.39 is 0 Å². The van der Waals surface area contributed by atoms with E-state index in [1.54, 1.807) is 0 Å². The zero-order valence-corrected chi connectivity index (χ0v) is 7.15. The molecule has 0 aliphatic heterocycles. The van der Waals surface area contributed by atoms with Crippen LogP contribution in [0.4, 0.5) is 0 Å². The monoisotopic (exact) mass is 139 g/mol. The molecule has 1 N–H and O–H groups in total. The number of nitrogens with one attached hydrogen (secondary N) is 1. The number of hydrogen-bond donors (Lipinski definition) is 1. The minimum Gasteiger partial charge on any atom is -0.314 e. The van der Waals surface area contributed by atoms with Crippen molar-refractivity contribution in [2.24, 2.45) is 5.92 Å². The summed E-state index contributed by atoms with van der Waals surface area (Å²) < 4.78 is 0. The van der Waals surface area contributed by atoms with Crippen LogP contribution in [0, 0.1) is 5.92 Å².